The lowest BCUT2D eigenvalue weighted by Crippen LogP contribution is -2.20. The Morgan fingerprint density at radius 3 is 2.38 bits per heavy atom. The lowest BCUT2D eigenvalue weighted by Gasteiger charge is -2.13. The van der Waals surface area contributed by atoms with E-state index in [1.54, 1.807) is 0 Å². The van der Waals surface area contributed by atoms with E-state index in [0.717, 1.165) is 18.8 Å². The molecule has 2 aromatic rings. The highest BCUT2D eigenvalue weighted by atomic mass is 16.5. The third-order valence-electron chi connectivity index (χ3n) is 3.57. The Labute approximate surface area is 128 Å². The van der Waals surface area contributed by atoms with E-state index in [2.05, 4.69) is 43.4 Å². The van der Waals surface area contributed by atoms with E-state index in [-0.39, 0.29) is 0 Å². The van der Waals surface area contributed by atoms with E-state index in [1.165, 1.54) is 17.5 Å². The number of para-hydroxylation sites is 1. The van der Waals surface area contributed by atoms with Gasteiger partial charge in [0.1, 0.15) is 12.4 Å². The van der Waals surface area contributed by atoms with Crippen LogP contribution in [0, 0.1) is 0 Å². The maximum Gasteiger partial charge on any atom is 0.119 e. The highest BCUT2D eigenvalue weighted by Gasteiger charge is 2.05. The van der Waals surface area contributed by atoms with Gasteiger partial charge >= 0.3 is 0 Å². The lowest BCUT2D eigenvalue weighted by atomic mass is 10.00. The number of hydrogen-bond acceptors (Lipinski definition) is 2. The van der Waals surface area contributed by atoms with Crippen molar-refractivity contribution in [3.8, 4) is 5.75 Å². The summed E-state index contributed by atoms with van der Waals surface area (Å²) >= 11 is 0. The van der Waals surface area contributed by atoms with Crippen LogP contribution in [-0.2, 0) is 6.61 Å². The van der Waals surface area contributed by atoms with E-state index < -0.39 is 0 Å². The number of nitrogens with one attached hydrogen (secondary N) is 1. The Bertz CT molecular complexity index is 507. The van der Waals surface area contributed by atoms with E-state index >= 15 is 0 Å². The minimum absolute atomic E-state index is 0.542. The van der Waals surface area contributed by atoms with Crippen molar-refractivity contribution < 1.29 is 4.74 Å². The number of hydrogen-bond donors (Lipinski definition) is 1. The van der Waals surface area contributed by atoms with Gasteiger partial charge < -0.3 is 10.1 Å². The summed E-state index contributed by atoms with van der Waals surface area (Å²) in [4.78, 5) is 0. The molecule has 2 nitrogen and oxygen atoms in total. The zero-order valence-electron chi connectivity index (χ0n) is 13.0. The third-order valence-corrected chi connectivity index (χ3v) is 3.57. The summed E-state index contributed by atoms with van der Waals surface area (Å²) in [6.07, 6.45) is 1.18. The first-order valence-corrected chi connectivity index (χ1v) is 7.77. The van der Waals surface area contributed by atoms with Crippen molar-refractivity contribution in [2.75, 3.05) is 13.1 Å². The van der Waals surface area contributed by atoms with Crippen LogP contribution in [0.2, 0.25) is 0 Å². The molecule has 1 atom stereocenters. The van der Waals surface area contributed by atoms with Gasteiger partial charge in [0.05, 0.1) is 0 Å². The molecule has 0 aliphatic rings. The number of ether oxygens (including phenoxy) is 1. The minimum Gasteiger partial charge on any atom is -0.489 e. The van der Waals surface area contributed by atoms with Gasteiger partial charge in [-0.2, -0.15) is 0 Å². The molecule has 0 radical (unpaired) electrons. The van der Waals surface area contributed by atoms with Gasteiger partial charge in [-0.05, 0) is 42.1 Å². The summed E-state index contributed by atoms with van der Waals surface area (Å²) in [6, 6.07) is 18.7. The van der Waals surface area contributed by atoms with Crippen LogP contribution in [0.15, 0.2) is 54.6 Å². The maximum absolute atomic E-state index is 5.76. The predicted octanol–water partition coefficient (Wildman–Crippen LogP) is 4.37. The van der Waals surface area contributed by atoms with Crippen LogP contribution in [0.25, 0.3) is 0 Å². The highest BCUT2D eigenvalue weighted by molar-refractivity contribution is 5.26. The van der Waals surface area contributed by atoms with Crippen molar-refractivity contribution in [2.45, 2.75) is 32.8 Å². The molecule has 0 spiro atoms. The van der Waals surface area contributed by atoms with Crippen LogP contribution in [-0.4, -0.2) is 13.1 Å². The lowest BCUT2D eigenvalue weighted by molar-refractivity contribution is 0.306. The second-order valence-electron chi connectivity index (χ2n) is 5.45. The molecule has 0 saturated heterocycles. The molecular formula is C19H25NO. The molecule has 1 unspecified atom stereocenters. The van der Waals surface area contributed by atoms with Crippen molar-refractivity contribution >= 4 is 0 Å². The Kier molecular flexibility index (Phi) is 6.29. The summed E-state index contributed by atoms with van der Waals surface area (Å²) in [5, 5.41) is 3.47. The average Bonchev–Trinajstić information content (AvgIpc) is 2.54. The molecule has 2 aromatic carbocycles. The monoisotopic (exact) mass is 283 g/mol. The third kappa shape index (κ3) is 5.24. The zero-order valence-corrected chi connectivity index (χ0v) is 13.0. The predicted molar refractivity (Wildman–Crippen MR) is 88.8 cm³/mol. The second kappa shape index (κ2) is 8.48. The molecule has 112 valence electrons. The first-order chi connectivity index (χ1) is 10.3. The first kappa shape index (κ1) is 15.6. The normalized spacial score (nSPS) is 12.1. The second-order valence-corrected chi connectivity index (χ2v) is 5.45. The van der Waals surface area contributed by atoms with Crippen molar-refractivity contribution in [2.24, 2.45) is 0 Å². The average molecular weight is 283 g/mol. The topological polar surface area (TPSA) is 21.3 Å². The van der Waals surface area contributed by atoms with Crippen LogP contribution in [0.1, 0.15) is 37.3 Å². The van der Waals surface area contributed by atoms with E-state index in [4.69, 9.17) is 4.74 Å². The van der Waals surface area contributed by atoms with Crippen molar-refractivity contribution in [3.05, 3.63) is 65.7 Å². The Balaban J connectivity index is 1.84. The van der Waals surface area contributed by atoms with Crippen LogP contribution in [0.5, 0.6) is 5.75 Å². The van der Waals surface area contributed by atoms with Gasteiger partial charge in [0.15, 0.2) is 0 Å². The fourth-order valence-corrected chi connectivity index (χ4v) is 2.24. The van der Waals surface area contributed by atoms with Gasteiger partial charge in [-0.3, -0.25) is 0 Å². The smallest absolute Gasteiger partial charge is 0.119 e. The van der Waals surface area contributed by atoms with E-state index in [1.807, 2.05) is 30.3 Å². The molecule has 0 aromatic heterocycles. The van der Waals surface area contributed by atoms with Gasteiger partial charge in [-0.25, -0.2) is 0 Å². The van der Waals surface area contributed by atoms with Crippen molar-refractivity contribution in [1.82, 2.24) is 5.32 Å². The molecule has 1 N–H and O–H groups in total. The van der Waals surface area contributed by atoms with Crippen LogP contribution in [0.3, 0.4) is 0 Å². The summed E-state index contributed by atoms with van der Waals surface area (Å²) in [5.74, 6) is 1.46. The Morgan fingerprint density at radius 2 is 1.71 bits per heavy atom. The molecule has 0 heterocycles. The van der Waals surface area contributed by atoms with Gasteiger partial charge in [-0.15, -0.1) is 0 Å². The molecule has 0 saturated carbocycles. The van der Waals surface area contributed by atoms with Gasteiger partial charge in [0.2, 0.25) is 0 Å². The van der Waals surface area contributed by atoms with Crippen LogP contribution >= 0.6 is 0 Å². The van der Waals surface area contributed by atoms with Crippen molar-refractivity contribution in [3.63, 3.8) is 0 Å². The number of benzene rings is 2. The van der Waals surface area contributed by atoms with E-state index in [0.29, 0.717) is 12.5 Å². The standard InChI is InChI=1S/C19H25NO/c1-3-13-20-14-16(2)18-11-9-17(10-12-18)15-21-19-7-5-4-6-8-19/h4-12,16,20H,3,13-15H2,1-2H3. The molecular weight excluding hydrogens is 258 g/mol. The molecule has 2 rings (SSSR count). The number of rotatable bonds is 8. The van der Waals surface area contributed by atoms with Crippen LogP contribution < -0.4 is 10.1 Å². The van der Waals surface area contributed by atoms with Gasteiger partial charge in [-0.1, -0.05) is 56.3 Å². The van der Waals surface area contributed by atoms with Crippen LogP contribution in [0.4, 0.5) is 0 Å². The largest absolute Gasteiger partial charge is 0.489 e. The summed E-state index contributed by atoms with van der Waals surface area (Å²) < 4.78 is 5.76. The summed E-state index contributed by atoms with van der Waals surface area (Å²) in [5.41, 5.74) is 2.58. The zero-order chi connectivity index (χ0) is 14.9. The van der Waals surface area contributed by atoms with Gasteiger partial charge in [0, 0.05) is 6.54 Å². The highest BCUT2D eigenvalue weighted by Crippen LogP contribution is 2.17. The Hall–Kier alpha value is -1.80. The summed E-state index contributed by atoms with van der Waals surface area (Å²) in [6.45, 7) is 7.20. The summed E-state index contributed by atoms with van der Waals surface area (Å²) in [7, 11) is 0. The first-order valence-electron chi connectivity index (χ1n) is 7.77. The quantitative estimate of drug-likeness (QED) is 0.726. The van der Waals surface area contributed by atoms with Crippen molar-refractivity contribution in [1.29, 1.82) is 0 Å². The Morgan fingerprint density at radius 1 is 1.00 bits per heavy atom. The van der Waals surface area contributed by atoms with E-state index in [9.17, 15) is 0 Å². The SMILES string of the molecule is CCCNCC(C)c1ccc(COc2ccccc2)cc1. The molecule has 0 fully saturated rings. The molecule has 0 aliphatic heterocycles. The molecule has 0 aliphatic carbocycles. The molecule has 0 bridgehead atoms. The molecule has 21 heavy (non-hydrogen) atoms. The molecule has 2 heteroatoms. The fourth-order valence-electron chi connectivity index (χ4n) is 2.24. The maximum atomic E-state index is 5.76. The molecule has 0 amide bonds. The minimum atomic E-state index is 0.542. The fraction of sp³-hybridized carbons (Fsp3) is 0.368. The van der Waals surface area contributed by atoms with Gasteiger partial charge in [0.25, 0.3) is 0 Å².